The summed E-state index contributed by atoms with van der Waals surface area (Å²) in [6, 6.07) is 0.553. The first-order valence-corrected chi connectivity index (χ1v) is 6.50. The smallest absolute Gasteiger partial charge is 0.0771 e. The molecule has 16 heavy (non-hydrogen) atoms. The maximum atomic E-state index is 9.94. The van der Waals surface area contributed by atoms with Crippen molar-refractivity contribution in [2.75, 3.05) is 6.54 Å². The van der Waals surface area contributed by atoms with Crippen LogP contribution in [0, 0.1) is 0 Å². The average Bonchev–Trinajstić information content (AvgIpc) is 2.03. The molecular formula is C13H25NO2. The van der Waals surface area contributed by atoms with Crippen LogP contribution in [-0.2, 0) is 4.74 Å². The molecule has 0 bridgehead atoms. The van der Waals surface area contributed by atoms with Crippen LogP contribution in [0.15, 0.2) is 0 Å². The minimum absolute atomic E-state index is 0.0260. The van der Waals surface area contributed by atoms with Gasteiger partial charge in [0.15, 0.2) is 0 Å². The molecule has 0 saturated heterocycles. The highest BCUT2D eigenvalue weighted by molar-refractivity contribution is 4.94. The number of rotatable bonds is 4. The molecule has 0 radical (unpaired) electrons. The molecule has 2 aliphatic rings. The summed E-state index contributed by atoms with van der Waals surface area (Å²) in [6.45, 7) is 7.07. The summed E-state index contributed by atoms with van der Waals surface area (Å²) >= 11 is 0. The van der Waals surface area contributed by atoms with Gasteiger partial charge in [0.25, 0.3) is 0 Å². The molecule has 0 unspecified atom stereocenters. The van der Waals surface area contributed by atoms with E-state index in [0.717, 1.165) is 32.2 Å². The summed E-state index contributed by atoms with van der Waals surface area (Å²) in [6.07, 6.45) is 5.70. The minimum Gasteiger partial charge on any atom is -0.389 e. The van der Waals surface area contributed by atoms with Crippen molar-refractivity contribution >= 4 is 0 Å². The summed E-state index contributed by atoms with van der Waals surface area (Å²) in [4.78, 5) is 0. The highest BCUT2D eigenvalue weighted by Gasteiger charge is 2.37. The van der Waals surface area contributed by atoms with Gasteiger partial charge in [0, 0.05) is 12.6 Å². The molecule has 0 aromatic carbocycles. The van der Waals surface area contributed by atoms with Gasteiger partial charge in [-0.15, -0.1) is 0 Å². The maximum absolute atomic E-state index is 9.94. The second-order valence-electron chi connectivity index (χ2n) is 6.48. The van der Waals surface area contributed by atoms with Crippen LogP contribution in [0.25, 0.3) is 0 Å². The monoisotopic (exact) mass is 227 g/mol. The zero-order chi connectivity index (χ0) is 11.8. The van der Waals surface area contributed by atoms with Crippen LogP contribution in [0.1, 0.15) is 52.9 Å². The second-order valence-corrected chi connectivity index (χ2v) is 6.48. The Bertz CT molecular complexity index is 237. The number of hydrogen-bond acceptors (Lipinski definition) is 3. The topological polar surface area (TPSA) is 41.5 Å². The van der Waals surface area contributed by atoms with Crippen LogP contribution in [0.5, 0.6) is 0 Å². The Hall–Kier alpha value is -0.120. The van der Waals surface area contributed by atoms with Gasteiger partial charge in [-0.2, -0.15) is 0 Å². The minimum atomic E-state index is -0.393. The number of nitrogens with one attached hydrogen (secondary N) is 1. The van der Waals surface area contributed by atoms with Crippen LogP contribution < -0.4 is 5.32 Å². The Morgan fingerprint density at radius 3 is 2.38 bits per heavy atom. The molecule has 2 N–H and O–H groups in total. The van der Waals surface area contributed by atoms with Crippen molar-refractivity contribution in [2.24, 2.45) is 0 Å². The largest absolute Gasteiger partial charge is 0.389 e. The number of hydrogen-bond donors (Lipinski definition) is 2. The lowest BCUT2D eigenvalue weighted by molar-refractivity contribution is -0.107. The van der Waals surface area contributed by atoms with Gasteiger partial charge in [0.2, 0.25) is 0 Å². The maximum Gasteiger partial charge on any atom is 0.0771 e. The number of aliphatic hydroxyl groups is 1. The number of ether oxygens (including phenoxy) is 1. The van der Waals surface area contributed by atoms with Crippen molar-refractivity contribution in [3.63, 3.8) is 0 Å². The molecule has 2 saturated carbocycles. The molecule has 0 aliphatic heterocycles. The molecule has 0 spiro atoms. The van der Waals surface area contributed by atoms with Crippen molar-refractivity contribution in [1.82, 2.24) is 5.32 Å². The molecule has 0 heterocycles. The quantitative estimate of drug-likeness (QED) is 0.770. The standard InChI is InChI=1S/C13H25NO2/c1-12(2,3)16-11-7-10(8-11)14-9-13(15)5-4-6-13/h10-11,14-15H,4-9H2,1-3H3. The normalized spacial score (nSPS) is 33.0. The Morgan fingerprint density at radius 1 is 1.31 bits per heavy atom. The third-order valence-corrected chi connectivity index (χ3v) is 3.62. The first-order valence-electron chi connectivity index (χ1n) is 6.50. The van der Waals surface area contributed by atoms with E-state index >= 15 is 0 Å². The van der Waals surface area contributed by atoms with Gasteiger partial charge < -0.3 is 15.2 Å². The summed E-state index contributed by atoms with van der Waals surface area (Å²) in [7, 11) is 0. The van der Waals surface area contributed by atoms with Crippen molar-refractivity contribution < 1.29 is 9.84 Å². The summed E-state index contributed by atoms with van der Waals surface area (Å²) in [5.74, 6) is 0. The lowest BCUT2D eigenvalue weighted by Gasteiger charge is -2.43. The molecule has 0 aromatic heterocycles. The van der Waals surface area contributed by atoms with Gasteiger partial charge in [-0.05, 0) is 52.9 Å². The lowest BCUT2D eigenvalue weighted by Crippen LogP contribution is -2.54. The van der Waals surface area contributed by atoms with Gasteiger partial charge in [0.1, 0.15) is 0 Å². The molecule has 94 valence electrons. The predicted molar refractivity (Wildman–Crippen MR) is 64.5 cm³/mol. The first kappa shape index (κ1) is 12.3. The molecule has 2 rings (SSSR count). The molecule has 0 atom stereocenters. The third kappa shape index (κ3) is 3.19. The van der Waals surface area contributed by atoms with Crippen LogP contribution in [0.3, 0.4) is 0 Å². The second kappa shape index (κ2) is 4.28. The Kier molecular flexibility index (Phi) is 3.30. The fraction of sp³-hybridized carbons (Fsp3) is 1.00. The van der Waals surface area contributed by atoms with Gasteiger partial charge in [-0.1, -0.05) is 0 Å². The zero-order valence-corrected chi connectivity index (χ0v) is 10.8. The van der Waals surface area contributed by atoms with E-state index in [4.69, 9.17) is 4.74 Å². The van der Waals surface area contributed by atoms with E-state index in [1.807, 2.05) is 0 Å². The zero-order valence-electron chi connectivity index (χ0n) is 10.8. The fourth-order valence-corrected chi connectivity index (χ4v) is 2.42. The van der Waals surface area contributed by atoms with Crippen LogP contribution >= 0.6 is 0 Å². The molecule has 0 amide bonds. The van der Waals surface area contributed by atoms with Gasteiger partial charge in [-0.3, -0.25) is 0 Å². The van der Waals surface area contributed by atoms with E-state index in [1.165, 1.54) is 6.42 Å². The third-order valence-electron chi connectivity index (χ3n) is 3.62. The first-order chi connectivity index (χ1) is 7.36. The molecule has 0 aromatic rings. The lowest BCUT2D eigenvalue weighted by atomic mass is 9.79. The van der Waals surface area contributed by atoms with Gasteiger partial charge >= 0.3 is 0 Å². The van der Waals surface area contributed by atoms with E-state index < -0.39 is 5.60 Å². The Morgan fingerprint density at radius 2 is 1.94 bits per heavy atom. The average molecular weight is 227 g/mol. The van der Waals surface area contributed by atoms with Crippen molar-refractivity contribution in [3.05, 3.63) is 0 Å². The predicted octanol–water partition coefficient (Wildman–Crippen LogP) is 1.84. The van der Waals surface area contributed by atoms with Gasteiger partial charge in [0.05, 0.1) is 17.3 Å². The van der Waals surface area contributed by atoms with Crippen LogP contribution in [0.4, 0.5) is 0 Å². The Balaban J connectivity index is 1.58. The van der Waals surface area contributed by atoms with E-state index in [2.05, 4.69) is 26.1 Å². The highest BCUT2D eigenvalue weighted by atomic mass is 16.5. The molecule has 2 aliphatic carbocycles. The van der Waals surface area contributed by atoms with E-state index in [-0.39, 0.29) is 5.60 Å². The molecule has 2 fully saturated rings. The van der Waals surface area contributed by atoms with E-state index in [0.29, 0.717) is 12.1 Å². The summed E-state index contributed by atoms with van der Waals surface area (Å²) in [5.41, 5.74) is -0.419. The van der Waals surface area contributed by atoms with Crippen molar-refractivity contribution in [3.8, 4) is 0 Å². The fourth-order valence-electron chi connectivity index (χ4n) is 2.42. The van der Waals surface area contributed by atoms with Crippen molar-refractivity contribution in [1.29, 1.82) is 0 Å². The summed E-state index contributed by atoms with van der Waals surface area (Å²) in [5, 5.41) is 13.4. The van der Waals surface area contributed by atoms with Crippen molar-refractivity contribution in [2.45, 2.75) is 76.2 Å². The summed E-state index contributed by atoms with van der Waals surface area (Å²) < 4.78 is 5.87. The Labute approximate surface area is 98.6 Å². The van der Waals surface area contributed by atoms with Crippen LogP contribution in [0.2, 0.25) is 0 Å². The molecule has 3 nitrogen and oxygen atoms in total. The SMILES string of the molecule is CC(C)(C)OC1CC(NCC2(O)CCC2)C1. The molecular weight excluding hydrogens is 202 g/mol. The van der Waals surface area contributed by atoms with Crippen LogP contribution in [-0.4, -0.2) is 35.0 Å². The van der Waals surface area contributed by atoms with E-state index in [1.54, 1.807) is 0 Å². The highest BCUT2D eigenvalue weighted by Crippen LogP contribution is 2.32. The molecule has 3 heteroatoms. The van der Waals surface area contributed by atoms with E-state index in [9.17, 15) is 5.11 Å². The van der Waals surface area contributed by atoms with Gasteiger partial charge in [-0.25, -0.2) is 0 Å².